The van der Waals surface area contributed by atoms with Gasteiger partial charge in [0.05, 0.1) is 16.1 Å². The molecule has 0 aromatic heterocycles. The van der Waals surface area contributed by atoms with E-state index in [2.05, 4.69) is 21.2 Å². The molecule has 1 atom stereocenters. The molecule has 1 N–H and O–H groups in total. The van der Waals surface area contributed by atoms with Crippen LogP contribution in [0.5, 0.6) is 0 Å². The lowest BCUT2D eigenvalue weighted by molar-refractivity contribution is -0.140. The van der Waals surface area contributed by atoms with Gasteiger partial charge < -0.3 is 10.2 Å². The van der Waals surface area contributed by atoms with E-state index in [4.69, 9.17) is 0 Å². The number of sulfonamides is 1. The summed E-state index contributed by atoms with van der Waals surface area (Å²) in [5.41, 5.74) is -1.37. The SMILES string of the molecule is C[C@@H](C(=O)NC(C)(C)C)N(Cc1cccc(Br)c1)C(=O)CN(c1cccc(C(F)(F)F)c1)S(=O)(=O)c1ccccc1. The van der Waals surface area contributed by atoms with Crippen LogP contribution >= 0.6 is 15.9 Å². The molecule has 3 rings (SSSR count). The molecule has 7 nitrogen and oxygen atoms in total. The maximum atomic E-state index is 13.9. The Morgan fingerprint density at radius 1 is 0.927 bits per heavy atom. The minimum atomic E-state index is -4.74. The zero-order valence-electron chi connectivity index (χ0n) is 22.9. The van der Waals surface area contributed by atoms with Crippen LogP contribution in [0.25, 0.3) is 0 Å². The quantitative estimate of drug-likeness (QED) is 0.307. The van der Waals surface area contributed by atoms with E-state index in [-0.39, 0.29) is 17.1 Å². The molecular formula is C29H31BrF3N3O4S. The highest BCUT2D eigenvalue weighted by atomic mass is 79.9. The molecule has 3 aromatic rings. The third-order valence-electron chi connectivity index (χ3n) is 5.98. The van der Waals surface area contributed by atoms with E-state index in [9.17, 15) is 31.2 Å². The summed E-state index contributed by atoms with van der Waals surface area (Å²) in [4.78, 5) is 28.0. The van der Waals surface area contributed by atoms with Gasteiger partial charge in [-0.25, -0.2) is 8.42 Å². The zero-order valence-corrected chi connectivity index (χ0v) is 25.3. The van der Waals surface area contributed by atoms with Crippen LogP contribution in [0.1, 0.15) is 38.8 Å². The lowest BCUT2D eigenvalue weighted by atomic mass is 10.1. The Labute approximate surface area is 246 Å². The number of anilines is 1. The Morgan fingerprint density at radius 3 is 2.15 bits per heavy atom. The van der Waals surface area contributed by atoms with E-state index < -0.39 is 51.7 Å². The van der Waals surface area contributed by atoms with Crippen LogP contribution in [0.3, 0.4) is 0 Å². The van der Waals surface area contributed by atoms with Gasteiger partial charge in [-0.2, -0.15) is 13.2 Å². The molecule has 0 fully saturated rings. The molecular weight excluding hydrogens is 623 g/mol. The Morgan fingerprint density at radius 2 is 1.56 bits per heavy atom. The second-order valence-electron chi connectivity index (χ2n) is 10.4. The highest BCUT2D eigenvalue weighted by Gasteiger charge is 2.35. The van der Waals surface area contributed by atoms with Gasteiger partial charge in [0.2, 0.25) is 11.8 Å². The standard InChI is InChI=1S/C29H31BrF3N3O4S/c1-20(27(38)34-28(2,3)4)35(18-21-10-8-12-23(30)16-21)26(37)19-36(41(39,40)25-14-6-5-7-15-25)24-13-9-11-22(17-24)29(31,32)33/h5-17,20H,18-19H2,1-4H3,(H,34,38)/t20-/m0/s1. The van der Waals surface area contributed by atoms with Gasteiger partial charge in [0.15, 0.2) is 0 Å². The van der Waals surface area contributed by atoms with Crippen LogP contribution in [-0.2, 0) is 32.3 Å². The van der Waals surface area contributed by atoms with E-state index >= 15 is 0 Å². The lowest BCUT2D eigenvalue weighted by Gasteiger charge is -2.33. The topological polar surface area (TPSA) is 86.8 Å². The van der Waals surface area contributed by atoms with Gasteiger partial charge in [-0.3, -0.25) is 13.9 Å². The van der Waals surface area contributed by atoms with Gasteiger partial charge in [-0.1, -0.05) is 52.3 Å². The van der Waals surface area contributed by atoms with Crippen LogP contribution in [0.15, 0.2) is 88.2 Å². The summed E-state index contributed by atoms with van der Waals surface area (Å²) in [5, 5.41) is 2.82. The number of hydrogen-bond donors (Lipinski definition) is 1. The number of rotatable bonds is 9. The van der Waals surface area contributed by atoms with E-state index in [0.29, 0.717) is 15.9 Å². The number of nitrogens with one attached hydrogen (secondary N) is 1. The number of carbonyl (C=O) groups is 2. The van der Waals surface area contributed by atoms with Gasteiger partial charge in [0.1, 0.15) is 12.6 Å². The second-order valence-corrected chi connectivity index (χ2v) is 13.2. The smallest absolute Gasteiger partial charge is 0.350 e. The molecule has 3 aromatic carbocycles. The predicted molar refractivity (Wildman–Crippen MR) is 154 cm³/mol. The molecule has 0 radical (unpaired) electrons. The van der Waals surface area contributed by atoms with Crippen LogP contribution < -0.4 is 9.62 Å². The third-order valence-corrected chi connectivity index (χ3v) is 8.26. The second kappa shape index (κ2) is 12.6. The third kappa shape index (κ3) is 8.56. The van der Waals surface area contributed by atoms with Crippen LogP contribution in [0.2, 0.25) is 0 Å². The minimum absolute atomic E-state index is 0.0567. The first kappa shape index (κ1) is 32.1. The molecule has 0 saturated heterocycles. The summed E-state index contributed by atoms with van der Waals surface area (Å²) < 4.78 is 69.5. The fraction of sp³-hybridized carbons (Fsp3) is 0.310. The average Bonchev–Trinajstić information content (AvgIpc) is 2.89. The maximum absolute atomic E-state index is 13.9. The molecule has 0 spiro atoms. The molecule has 12 heteroatoms. The number of alkyl halides is 3. The summed E-state index contributed by atoms with van der Waals surface area (Å²) in [6, 6.07) is 16.9. The number of carbonyl (C=O) groups excluding carboxylic acids is 2. The van der Waals surface area contributed by atoms with Crippen LogP contribution in [0, 0.1) is 0 Å². The van der Waals surface area contributed by atoms with Gasteiger partial charge >= 0.3 is 6.18 Å². The van der Waals surface area contributed by atoms with Crippen molar-refractivity contribution < 1.29 is 31.2 Å². The normalized spacial score (nSPS) is 12.9. The molecule has 0 aliphatic rings. The molecule has 0 aliphatic heterocycles. The van der Waals surface area contributed by atoms with E-state index in [0.717, 1.165) is 16.6 Å². The number of halogens is 4. The molecule has 2 amide bonds. The van der Waals surface area contributed by atoms with E-state index in [1.807, 2.05) is 0 Å². The Kier molecular flexibility index (Phi) is 9.91. The van der Waals surface area contributed by atoms with Gasteiger partial charge in [-0.15, -0.1) is 0 Å². The summed E-state index contributed by atoms with van der Waals surface area (Å²) >= 11 is 3.38. The first-order valence-electron chi connectivity index (χ1n) is 12.6. The monoisotopic (exact) mass is 653 g/mol. The summed E-state index contributed by atoms with van der Waals surface area (Å²) in [5.74, 6) is -1.25. The zero-order chi connectivity index (χ0) is 30.6. The predicted octanol–water partition coefficient (Wildman–Crippen LogP) is 6.00. The Balaban J connectivity index is 2.09. The van der Waals surface area contributed by atoms with Crippen molar-refractivity contribution in [3.05, 3.63) is 94.5 Å². The first-order chi connectivity index (χ1) is 19.0. The highest BCUT2D eigenvalue weighted by Crippen LogP contribution is 2.33. The fourth-order valence-electron chi connectivity index (χ4n) is 3.97. The minimum Gasteiger partial charge on any atom is -0.350 e. The number of benzene rings is 3. The molecule has 0 unspecified atom stereocenters. The van der Waals surface area contributed by atoms with Gasteiger partial charge in [0, 0.05) is 16.6 Å². The van der Waals surface area contributed by atoms with E-state index in [1.54, 1.807) is 51.1 Å². The maximum Gasteiger partial charge on any atom is 0.416 e. The van der Waals surface area contributed by atoms with Crippen molar-refractivity contribution in [3.8, 4) is 0 Å². The Bertz CT molecular complexity index is 1490. The number of nitrogens with zero attached hydrogens (tertiary/aromatic N) is 2. The van der Waals surface area contributed by atoms with Crippen molar-refractivity contribution in [2.75, 3.05) is 10.8 Å². The van der Waals surface area contributed by atoms with Crippen LogP contribution in [0.4, 0.5) is 18.9 Å². The van der Waals surface area contributed by atoms with Crippen molar-refractivity contribution >= 4 is 43.5 Å². The first-order valence-corrected chi connectivity index (χ1v) is 14.8. The fourth-order valence-corrected chi connectivity index (χ4v) is 5.85. The summed E-state index contributed by atoms with van der Waals surface area (Å²) in [7, 11) is -4.49. The molecule has 0 saturated carbocycles. The largest absolute Gasteiger partial charge is 0.416 e. The number of hydrogen-bond acceptors (Lipinski definition) is 4. The molecule has 0 bridgehead atoms. The number of amides is 2. The van der Waals surface area contributed by atoms with Crippen molar-refractivity contribution in [2.24, 2.45) is 0 Å². The lowest BCUT2D eigenvalue weighted by Crippen LogP contribution is -2.54. The van der Waals surface area contributed by atoms with Crippen molar-refractivity contribution in [1.29, 1.82) is 0 Å². The summed E-state index contributed by atoms with van der Waals surface area (Å²) in [6.07, 6.45) is -4.74. The van der Waals surface area contributed by atoms with Crippen molar-refractivity contribution in [2.45, 2.75) is 56.9 Å². The summed E-state index contributed by atoms with van der Waals surface area (Å²) in [6.45, 7) is 5.94. The molecule has 0 aliphatic carbocycles. The Hall–Kier alpha value is -3.38. The molecule has 41 heavy (non-hydrogen) atoms. The van der Waals surface area contributed by atoms with Crippen molar-refractivity contribution in [1.82, 2.24) is 10.2 Å². The molecule has 0 heterocycles. The van der Waals surface area contributed by atoms with Crippen LogP contribution in [-0.4, -0.2) is 43.3 Å². The van der Waals surface area contributed by atoms with Crippen molar-refractivity contribution in [3.63, 3.8) is 0 Å². The average molecular weight is 655 g/mol. The highest BCUT2D eigenvalue weighted by molar-refractivity contribution is 9.10. The molecule has 220 valence electrons. The van der Waals surface area contributed by atoms with Gasteiger partial charge in [0.25, 0.3) is 10.0 Å². The van der Waals surface area contributed by atoms with Gasteiger partial charge in [-0.05, 0) is 75.7 Å². The van der Waals surface area contributed by atoms with E-state index in [1.165, 1.54) is 42.2 Å².